The van der Waals surface area contributed by atoms with Crippen molar-refractivity contribution in [2.75, 3.05) is 26.7 Å². The van der Waals surface area contributed by atoms with Crippen molar-refractivity contribution in [2.45, 2.75) is 38.8 Å². The molecule has 7 heteroatoms. The van der Waals surface area contributed by atoms with E-state index in [1.54, 1.807) is 13.3 Å². The van der Waals surface area contributed by atoms with E-state index in [4.69, 9.17) is 4.42 Å². The number of guanidine groups is 1. The zero-order chi connectivity index (χ0) is 18.2. The highest BCUT2D eigenvalue weighted by Crippen LogP contribution is 2.17. The lowest BCUT2D eigenvalue weighted by Gasteiger charge is -2.27. The summed E-state index contributed by atoms with van der Waals surface area (Å²) in [6.07, 6.45) is 5.48. The average molecular weight is 483 g/mol. The van der Waals surface area contributed by atoms with Crippen LogP contribution in [0.3, 0.4) is 0 Å². The molecule has 27 heavy (non-hydrogen) atoms. The summed E-state index contributed by atoms with van der Waals surface area (Å²) in [5, 5.41) is 6.76. The molecule has 2 N–H and O–H groups in total. The average Bonchev–Trinajstić information content (AvgIpc) is 3.37. The summed E-state index contributed by atoms with van der Waals surface area (Å²) in [6.45, 7) is 6.17. The zero-order valence-electron chi connectivity index (χ0n) is 16.1. The Hall–Kier alpha value is -1.61. The number of likely N-dealkylation sites (tertiary alicyclic amines) is 1. The standard InChI is InChI=1S/C20H29N5O.HI/c1-3-18(25-11-7-8-12-25)14-23-20(21-2)22-13-17-15-26-19(24-17)16-9-5-4-6-10-16;/h4-6,9-10,15,18H,3,7-8,11-14H2,1-2H3,(H2,21,22,23);1H. The van der Waals surface area contributed by atoms with E-state index in [1.165, 1.54) is 25.9 Å². The van der Waals surface area contributed by atoms with Gasteiger partial charge in [0.15, 0.2) is 5.96 Å². The molecular formula is C20H30IN5O. The number of halogens is 1. The van der Waals surface area contributed by atoms with Crippen molar-refractivity contribution < 1.29 is 4.42 Å². The molecule has 1 aromatic carbocycles. The second-order valence-electron chi connectivity index (χ2n) is 6.62. The monoisotopic (exact) mass is 483 g/mol. The van der Waals surface area contributed by atoms with Crippen molar-refractivity contribution in [3.63, 3.8) is 0 Å². The number of aromatic nitrogens is 1. The number of nitrogens with zero attached hydrogens (tertiary/aromatic N) is 3. The topological polar surface area (TPSA) is 65.7 Å². The predicted molar refractivity (Wildman–Crippen MR) is 120 cm³/mol. The zero-order valence-corrected chi connectivity index (χ0v) is 18.5. The summed E-state index contributed by atoms with van der Waals surface area (Å²) in [6, 6.07) is 10.5. The Kier molecular flexibility index (Phi) is 9.06. The molecule has 1 saturated heterocycles. The van der Waals surface area contributed by atoms with Gasteiger partial charge in [0.25, 0.3) is 0 Å². The largest absolute Gasteiger partial charge is 0.444 e. The lowest BCUT2D eigenvalue weighted by atomic mass is 10.2. The van der Waals surface area contributed by atoms with Crippen molar-refractivity contribution >= 4 is 29.9 Å². The van der Waals surface area contributed by atoms with Crippen LogP contribution >= 0.6 is 24.0 Å². The first kappa shape index (κ1) is 21.7. The molecule has 0 spiro atoms. The van der Waals surface area contributed by atoms with Crippen molar-refractivity contribution in [2.24, 2.45) is 4.99 Å². The maximum atomic E-state index is 5.58. The molecule has 1 fully saturated rings. The normalized spacial score (nSPS) is 16.0. The summed E-state index contributed by atoms with van der Waals surface area (Å²) < 4.78 is 5.58. The van der Waals surface area contributed by atoms with Gasteiger partial charge in [0.1, 0.15) is 6.26 Å². The number of benzene rings is 1. The third-order valence-electron chi connectivity index (χ3n) is 4.87. The minimum absolute atomic E-state index is 0. The molecule has 2 heterocycles. The molecule has 0 bridgehead atoms. The van der Waals surface area contributed by atoms with Gasteiger partial charge in [0.05, 0.1) is 12.2 Å². The summed E-state index contributed by atoms with van der Waals surface area (Å²) in [5.74, 6) is 1.44. The molecule has 1 aromatic heterocycles. The van der Waals surface area contributed by atoms with Gasteiger partial charge < -0.3 is 15.1 Å². The van der Waals surface area contributed by atoms with Gasteiger partial charge >= 0.3 is 0 Å². The number of nitrogens with one attached hydrogen (secondary N) is 2. The summed E-state index contributed by atoms with van der Waals surface area (Å²) in [5.41, 5.74) is 1.84. The first-order valence-corrected chi connectivity index (χ1v) is 9.48. The fourth-order valence-electron chi connectivity index (χ4n) is 3.35. The molecule has 0 saturated carbocycles. The second kappa shape index (κ2) is 11.3. The second-order valence-corrected chi connectivity index (χ2v) is 6.62. The van der Waals surface area contributed by atoms with E-state index in [2.05, 4.69) is 32.4 Å². The molecule has 1 atom stereocenters. The van der Waals surface area contributed by atoms with E-state index in [-0.39, 0.29) is 24.0 Å². The lowest BCUT2D eigenvalue weighted by Crippen LogP contribution is -2.46. The molecule has 1 aliphatic rings. The molecule has 6 nitrogen and oxygen atoms in total. The first-order chi connectivity index (χ1) is 12.8. The van der Waals surface area contributed by atoms with Crippen molar-refractivity contribution in [1.82, 2.24) is 20.5 Å². The van der Waals surface area contributed by atoms with Crippen LogP contribution in [-0.2, 0) is 6.54 Å². The molecule has 148 valence electrons. The number of oxazole rings is 1. The summed E-state index contributed by atoms with van der Waals surface area (Å²) in [7, 11) is 1.80. The van der Waals surface area contributed by atoms with Crippen LogP contribution in [0.1, 0.15) is 31.9 Å². The molecule has 2 aromatic rings. The fourth-order valence-corrected chi connectivity index (χ4v) is 3.35. The molecule has 0 amide bonds. The highest BCUT2D eigenvalue weighted by Gasteiger charge is 2.20. The van der Waals surface area contributed by atoms with Crippen LogP contribution in [-0.4, -0.2) is 48.6 Å². The van der Waals surface area contributed by atoms with Crippen LogP contribution < -0.4 is 10.6 Å². The van der Waals surface area contributed by atoms with Crippen LogP contribution in [0.5, 0.6) is 0 Å². The van der Waals surface area contributed by atoms with Gasteiger partial charge in [-0.15, -0.1) is 24.0 Å². The molecule has 1 aliphatic heterocycles. The summed E-state index contributed by atoms with van der Waals surface area (Å²) in [4.78, 5) is 11.4. The van der Waals surface area contributed by atoms with Gasteiger partial charge in [0, 0.05) is 25.2 Å². The summed E-state index contributed by atoms with van der Waals surface area (Å²) >= 11 is 0. The van der Waals surface area contributed by atoms with E-state index in [0.717, 1.165) is 30.2 Å². The molecule has 0 aliphatic carbocycles. The Bertz CT molecular complexity index is 697. The van der Waals surface area contributed by atoms with Gasteiger partial charge in [-0.25, -0.2) is 4.98 Å². The minimum atomic E-state index is 0. The van der Waals surface area contributed by atoms with Gasteiger partial charge in [0.2, 0.25) is 5.89 Å². The van der Waals surface area contributed by atoms with Crippen LogP contribution in [0.25, 0.3) is 11.5 Å². The Balaban J connectivity index is 0.00000261. The van der Waals surface area contributed by atoms with Gasteiger partial charge in [-0.1, -0.05) is 25.1 Å². The smallest absolute Gasteiger partial charge is 0.226 e. The van der Waals surface area contributed by atoms with Crippen LogP contribution in [0.2, 0.25) is 0 Å². The van der Waals surface area contributed by atoms with Crippen molar-refractivity contribution in [1.29, 1.82) is 0 Å². The number of rotatable bonds is 7. The van der Waals surface area contributed by atoms with Gasteiger partial charge in [-0.3, -0.25) is 9.89 Å². The Morgan fingerprint density at radius 2 is 1.96 bits per heavy atom. The highest BCUT2D eigenvalue weighted by molar-refractivity contribution is 14.0. The third-order valence-corrected chi connectivity index (χ3v) is 4.87. The Labute approximate surface area is 178 Å². The maximum Gasteiger partial charge on any atom is 0.226 e. The first-order valence-electron chi connectivity index (χ1n) is 9.48. The van der Waals surface area contributed by atoms with Gasteiger partial charge in [-0.2, -0.15) is 0 Å². The molecular weight excluding hydrogens is 453 g/mol. The van der Waals surface area contributed by atoms with Gasteiger partial charge in [-0.05, 0) is 44.5 Å². The fraction of sp³-hybridized carbons (Fsp3) is 0.500. The quantitative estimate of drug-likeness (QED) is 0.359. The lowest BCUT2D eigenvalue weighted by molar-refractivity contribution is 0.236. The van der Waals surface area contributed by atoms with E-state index in [1.807, 2.05) is 30.3 Å². The number of hydrogen-bond donors (Lipinski definition) is 2. The highest BCUT2D eigenvalue weighted by atomic mass is 127. The Morgan fingerprint density at radius 3 is 2.63 bits per heavy atom. The van der Waals surface area contributed by atoms with E-state index >= 15 is 0 Å². The predicted octanol–water partition coefficient (Wildman–Crippen LogP) is 3.50. The van der Waals surface area contributed by atoms with Crippen molar-refractivity contribution in [3.8, 4) is 11.5 Å². The van der Waals surface area contributed by atoms with Crippen molar-refractivity contribution in [3.05, 3.63) is 42.3 Å². The third kappa shape index (κ3) is 6.21. The maximum absolute atomic E-state index is 5.58. The van der Waals surface area contributed by atoms with E-state index < -0.39 is 0 Å². The van der Waals surface area contributed by atoms with E-state index in [9.17, 15) is 0 Å². The van der Waals surface area contributed by atoms with Crippen LogP contribution in [0.4, 0.5) is 0 Å². The van der Waals surface area contributed by atoms with Crippen LogP contribution in [0, 0.1) is 0 Å². The minimum Gasteiger partial charge on any atom is -0.444 e. The number of hydrogen-bond acceptors (Lipinski definition) is 4. The van der Waals surface area contributed by atoms with E-state index in [0.29, 0.717) is 18.5 Å². The van der Waals surface area contributed by atoms with Crippen LogP contribution in [0.15, 0.2) is 46.0 Å². The molecule has 3 rings (SSSR count). The SMILES string of the molecule is CCC(CNC(=NC)NCc1coc(-c2ccccc2)n1)N1CCCC1.I. The Morgan fingerprint density at radius 1 is 1.22 bits per heavy atom. The molecule has 1 unspecified atom stereocenters. The number of aliphatic imine (C=N–C) groups is 1. The molecule has 0 radical (unpaired) electrons.